The highest BCUT2D eigenvalue weighted by Gasteiger charge is 2.33. The summed E-state index contributed by atoms with van der Waals surface area (Å²) in [6.45, 7) is 0.910. The van der Waals surface area contributed by atoms with E-state index >= 15 is 0 Å². The average molecular weight is 175 g/mol. The highest BCUT2D eigenvalue weighted by molar-refractivity contribution is 5.84. The zero-order chi connectivity index (χ0) is 9.26. The number of β-lactam (4-membered cyclic amide) rings is 1. The van der Waals surface area contributed by atoms with Crippen molar-refractivity contribution in [3.05, 3.63) is 35.9 Å². The first-order valence-electron chi connectivity index (χ1n) is 4.56. The van der Waals surface area contributed by atoms with Crippen LogP contribution >= 0.6 is 0 Å². The average Bonchev–Trinajstić information content (AvgIpc) is 2.19. The van der Waals surface area contributed by atoms with Crippen molar-refractivity contribution in [2.75, 3.05) is 13.6 Å². The van der Waals surface area contributed by atoms with Crippen LogP contribution in [0.3, 0.4) is 0 Å². The second-order valence-electron chi connectivity index (χ2n) is 3.61. The zero-order valence-electron chi connectivity index (χ0n) is 7.73. The van der Waals surface area contributed by atoms with Gasteiger partial charge >= 0.3 is 0 Å². The van der Waals surface area contributed by atoms with E-state index < -0.39 is 0 Å². The summed E-state index contributed by atoms with van der Waals surface area (Å²) >= 11 is 0. The number of amides is 1. The van der Waals surface area contributed by atoms with Crippen molar-refractivity contribution in [3.63, 3.8) is 0 Å². The van der Waals surface area contributed by atoms with Crippen LogP contribution < -0.4 is 0 Å². The Morgan fingerprint density at radius 2 is 2.08 bits per heavy atom. The summed E-state index contributed by atoms with van der Waals surface area (Å²) in [4.78, 5) is 13.1. The molecule has 2 nitrogen and oxygen atoms in total. The van der Waals surface area contributed by atoms with E-state index in [-0.39, 0.29) is 11.8 Å². The quantitative estimate of drug-likeness (QED) is 0.621. The van der Waals surface area contributed by atoms with Crippen LogP contribution in [-0.4, -0.2) is 24.4 Å². The predicted molar refractivity (Wildman–Crippen MR) is 51.3 cm³/mol. The molecule has 0 aromatic heterocycles. The first-order valence-corrected chi connectivity index (χ1v) is 4.56. The van der Waals surface area contributed by atoms with E-state index in [1.807, 2.05) is 25.2 Å². The van der Waals surface area contributed by atoms with E-state index in [0.717, 1.165) is 13.0 Å². The number of hydrogen-bond donors (Lipinski definition) is 0. The fourth-order valence-electron chi connectivity index (χ4n) is 1.75. The van der Waals surface area contributed by atoms with Crippen LogP contribution in [0.5, 0.6) is 0 Å². The molecule has 1 aliphatic heterocycles. The maximum absolute atomic E-state index is 11.3. The summed E-state index contributed by atoms with van der Waals surface area (Å²) in [5, 5.41) is 0. The van der Waals surface area contributed by atoms with E-state index in [0.29, 0.717) is 0 Å². The monoisotopic (exact) mass is 175 g/mol. The summed E-state index contributed by atoms with van der Waals surface area (Å²) < 4.78 is 0. The Hall–Kier alpha value is -1.31. The Morgan fingerprint density at radius 3 is 2.62 bits per heavy atom. The minimum atomic E-state index is 0.229. The molecule has 0 N–H and O–H groups in total. The lowest BCUT2D eigenvalue weighted by Gasteiger charge is -2.35. The van der Waals surface area contributed by atoms with Gasteiger partial charge in [-0.1, -0.05) is 30.3 Å². The fraction of sp³-hybridized carbons (Fsp3) is 0.364. The van der Waals surface area contributed by atoms with Crippen molar-refractivity contribution in [1.82, 2.24) is 4.90 Å². The summed E-state index contributed by atoms with van der Waals surface area (Å²) in [5.74, 6) is 0.510. The number of hydrogen-bond acceptors (Lipinski definition) is 1. The maximum Gasteiger partial charge on any atom is 0.227 e. The van der Waals surface area contributed by atoms with Gasteiger partial charge in [0.2, 0.25) is 5.91 Å². The van der Waals surface area contributed by atoms with Crippen molar-refractivity contribution in [2.45, 2.75) is 6.42 Å². The van der Waals surface area contributed by atoms with Crippen LogP contribution in [0.2, 0.25) is 0 Å². The van der Waals surface area contributed by atoms with Crippen LogP contribution in [0.4, 0.5) is 0 Å². The molecule has 0 spiro atoms. The largest absolute Gasteiger partial charge is 0.345 e. The van der Waals surface area contributed by atoms with Gasteiger partial charge in [-0.3, -0.25) is 4.79 Å². The number of benzene rings is 1. The van der Waals surface area contributed by atoms with Crippen molar-refractivity contribution in [3.8, 4) is 0 Å². The fourth-order valence-corrected chi connectivity index (χ4v) is 1.75. The van der Waals surface area contributed by atoms with Gasteiger partial charge in [0.15, 0.2) is 0 Å². The summed E-state index contributed by atoms with van der Waals surface area (Å²) in [7, 11) is 1.85. The molecule has 1 unspecified atom stereocenters. The second kappa shape index (κ2) is 3.21. The van der Waals surface area contributed by atoms with E-state index in [9.17, 15) is 4.79 Å². The van der Waals surface area contributed by atoms with Gasteiger partial charge in [0.25, 0.3) is 0 Å². The molecule has 2 heteroatoms. The Kier molecular flexibility index (Phi) is 2.05. The summed E-state index contributed by atoms with van der Waals surface area (Å²) in [5.41, 5.74) is 1.26. The highest BCUT2D eigenvalue weighted by Crippen LogP contribution is 2.19. The lowest BCUT2D eigenvalue weighted by atomic mass is 9.92. The molecule has 0 radical (unpaired) electrons. The van der Waals surface area contributed by atoms with Gasteiger partial charge in [-0.25, -0.2) is 0 Å². The van der Waals surface area contributed by atoms with Crippen LogP contribution in [-0.2, 0) is 11.2 Å². The number of rotatable bonds is 2. The van der Waals surface area contributed by atoms with Gasteiger partial charge in [-0.05, 0) is 12.0 Å². The molecule has 1 aromatic carbocycles. The van der Waals surface area contributed by atoms with Gasteiger partial charge < -0.3 is 4.90 Å². The van der Waals surface area contributed by atoms with Gasteiger partial charge in [-0.2, -0.15) is 0 Å². The first kappa shape index (κ1) is 8.30. The van der Waals surface area contributed by atoms with Crippen LogP contribution in [0, 0.1) is 5.92 Å². The highest BCUT2D eigenvalue weighted by atomic mass is 16.2. The standard InChI is InChI=1S/C11H13NO/c1-12-8-10(11(12)13)7-9-5-3-2-4-6-9/h2-6,10H,7-8H2,1H3. The molecule has 1 heterocycles. The zero-order valence-corrected chi connectivity index (χ0v) is 7.73. The molecule has 1 aliphatic rings. The van der Waals surface area contributed by atoms with E-state index in [1.54, 1.807) is 4.90 Å². The van der Waals surface area contributed by atoms with Crippen molar-refractivity contribution in [1.29, 1.82) is 0 Å². The number of likely N-dealkylation sites (tertiary alicyclic amines) is 1. The lowest BCUT2D eigenvalue weighted by Crippen LogP contribution is -2.50. The molecule has 13 heavy (non-hydrogen) atoms. The molecule has 1 saturated heterocycles. The van der Waals surface area contributed by atoms with E-state index in [1.165, 1.54) is 5.56 Å². The molecule has 0 bridgehead atoms. The number of carbonyl (C=O) groups is 1. The molecular weight excluding hydrogens is 162 g/mol. The first-order chi connectivity index (χ1) is 6.27. The molecule has 1 aromatic rings. The Labute approximate surface area is 78.2 Å². The predicted octanol–water partition coefficient (Wildman–Crippen LogP) is 1.32. The van der Waals surface area contributed by atoms with Crippen LogP contribution in [0.1, 0.15) is 5.56 Å². The molecular formula is C11H13NO. The van der Waals surface area contributed by atoms with Crippen molar-refractivity contribution < 1.29 is 4.79 Å². The molecule has 1 atom stereocenters. The normalized spacial score (nSPS) is 21.5. The van der Waals surface area contributed by atoms with Crippen molar-refractivity contribution >= 4 is 5.91 Å². The molecule has 0 saturated carbocycles. The smallest absolute Gasteiger partial charge is 0.227 e. The molecule has 1 fully saturated rings. The molecule has 0 aliphatic carbocycles. The van der Waals surface area contributed by atoms with Crippen molar-refractivity contribution in [2.24, 2.45) is 5.92 Å². The minimum Gasteiger partial charge on any atom is -0.345 e. The van der Waals surface area contributed by atoms with Gasteiger partial charge in [0.1, 0.15) is 0 Å². The Balaban J connectivity index is 1.97. The third-order valence-electron chi connectivity index (χ3n) is 2.54. The van der Waals surface area contributed by atoms with Gasteiger partial charge in [0, 0.05) is 13.6 Å². The SMILES string of the molecule is CN1CC(Cc2ccccc2)C1=O. The lowest BCUT2D eigenvalue weighted by molar-refractivity contribution is -0.145. The summed E-state index contributed by atoms with van der Waals surface area (Å²) in [6, 6.07) is 10.2. The minimum absolute atomic E-state index is 0.229. The molecule has 68 valence electrons. The molecule has 1 amide bonds. The second-order valence-corrected chi connectivity index (χ2v) is 3.61. The summed E-state index contributed by atoms with van der Waals surface area (Å²) in [6.07, 6.45) is 0.893. The van der Waals surface area contributed by atoms with E-state index in [2.05, 4.69) is 12.1 Å². The third-order valence-corrected chi connectivity index (χ3v) is 2.54. The number of carbonyl (C=O) groups excluding carboxylic acids is 1. The maximum atomic E-state index is 11.3. The van der Waals surface area contributed by atoms with Crippen LogP contribution in [0.25, 0.3) is 0 Å². The van der Waals surface area contributed by atoms with E-state index in [4.69, 9.17) is 0 Å². The molecule has 2 rings (SSSR count). The van der Waals surface area contributed by atoms with Crippen LogP contribution in [0.15, 0.2) is 30.3 Å². The Bertz CT molecular complexity index is 307. The Morgan fingerprint density at radius 1 is 1.38 bits per heavy atom. The van der Waals surface area contributed by atoms with Gasteiger partial charge in [0.05, 0.1) is 5.92 Å². The van der Waals surface area contributed by atoms with Gasteiger partial charge in [-0.15, -0.1) is 0 Å². The topological polar surface area (TPSA) is 20.3 Å². The number of nitrogens with zero attached hydrogens (tertiary/aromatic N) is 1. The third kappa shape index (κ3) is 1.57.